The lowest BCUT2D eigenvalue weighted by Crippen LogP contribution is -2.35. The van der Waals surface area contributed by atoms with Gasteiger partial charge in [0.1, 0.15) is 5.75 Å². The van der Waals surface area contributed by atoms with E-state index in [2.05, 4.69) is 47.4 Å². The van der Waals surface area contributed by atoms with Gasteiger partial charge < -0.3 is 9.64 Å². The lowest BCUT2D eigenvalue weighted by atomic mass is 9.82. The number of methoxy groups -OCH3 is 1. The molecule has 0 saturated heterocycles. The van der Waals surface area contributed by atoms with Gasteiger partial charge in [0.05, 0.1) is 24.5 Å². The summed E-state index contributed by atoms with van der Waals surface area (Å²) < 4.78 is 5.40. The fourth-order valence-electron chi connectivity index (χ4n) is 4.66. The largest absolute Gasteiger partial charge is 0.497 e. The molecule has 0 saturated carbocycles. The highest BCUT2D eigenvalue weighted by molar-refractivity contribution is 8.14. The first kappa shape index (κ1) is 18.1. The van der Waals surface area contributed by atoms with E-state index in [1.807, 2.05) is 24.3 Å². The first-order chi connectivity index (χ1) is 14.7. The molecule has 3 nitrogen and oxygen atoms in total. The Kier molecular flexibility index (Phi) is 4.18. The molecule has 0 bridgehead atoms. The Morgan fingerprint density at radius 2 is 1.87 bits per heavy atom. The summed E-state index contributed by atoms with van der Waals surface area (Å²) in [5, 5.41) is 1.77. The molecule has 5 heteroatoms. The lowest BCUT2D eigenvalue weighted by molar-refractivity contribution is 0.414. The maximum Gasteiger partial charge on any atom is 0.174 e. The zero-order valence-corrected chi connectivity index (χ0v) is 18.0. The summed E-state index contributed by atoms with van der Waals surface area (Å²) in [7, 11) is 1.70. The Bertz CT molecular complexity index is 1230. The van der Waals surface area contributed by atoms with Crippen molar-refractivity contribution in [1.82, 2.24) is 0 Å². The molecular formula is C25H19ClN2OS. The molecule has 1 aliphatic carbocycles. The number of ether oxygens (including phenoxy) is 1. The number of aliphatic imine (C=N–C) groups is 1. The van der Waals surface area contributed by atoms with E-state index >= 15 is 0 Å². The summed E-state index contributed by atoms with van der Waals surface area (Å²) in [4.78, 5) is 8.72. The first-order valence-corrected chi connectivity index (χ1v) is 11.2. The SMILES string of the molecule is COc1ccc(C2C3=C(N=C4Sc5cc(Cl)ccc5N42)c2ccccc2CC3)cc1. The van der Waals surface area contributed by atoms with Crippen molar-refractivity contribution in [1.29, 1.82) is 0 Å². The van der Waals surface area contributed by atoms with Crippen molar-refractivity contribution in [2.45, 2.75) is 23.8 Å². The minimum absolute atomic E-state index is 0.113. The number of aryl methyl sites for hydroxylation is 1. The van der Waals surface area contributed by atoms with Gasteiger partial charge in [-0.05, 0) is 71.6 Å². The number of nitrogens with zero attached hydrogens (tertiary/aromatic N) is 2. The minimum Gasteiger partial charge on any atom is -0.497 e. The van der Waals surface area contributed by atoms with Gasteiger partial charge in [-0.1, -0.05) is 48.0 Å². The standard InChI is InChI=1S/C25H19ClN2OS/c1-29-18-10-6-16(7-11-18)24-20-12-8-15-4-2-3-5-19(15)23(20)27-25-28(24)21-13-9-17(26)14-22(21)30-25/h2-7,9-11,13-14,24H,8,12H2,1H3. The van der Waals surface area contributed by atoms with Crippen LogP contribution in [0.25, 0.3) is 5.70 Å². The Balaban J connectivity index is 1.57. The molecule has 1 unspecified atom stereocenters. The van der Waals surface area contributed by atoms with Crippen molar-refractivity contribution in [3.8, 4) is 5.75 Å². The van der Waals surface area contributed by atoms with Crippen molar-refractivity contribution < 1.29 is 4.74 Å². The average molecular weight is 431 g/mol. The van der Waals surface area contributed by atoms with Crippen LogP contribution in [0.5, 0.6) is 5.75 Å². The predicted octanol–water partition coefficient (Wildman–Crippen LogP) is 6.73. The second-order valence-electron chi connectivity index (χ2n) is 7.69. The lowest BCUT2D eigenvalue weighted by Gasteiger charge is -2.38. The second-order valence-corrected chi connectivity index (χ2v) is 9.13. The van der Waals surface area contributed by atoms with Gasteiger partial charge in [0, 0.05) is 15.5 Å². The Labute approximate surface area is 185 Å². The zero-order valence-electron chi connectivity index (χ0n) is 16.4. The van der Waals surface area contributed by atoms with Crippen molar-refractivity contribution in [2.24, 2.45) is 4.99 Å². The smallest absolute Gasteiger partial charge is 0.174 e. The highest BCUT2D eigenvalue weighted by atomic mass is 35.5. The number of hydrogen-bond acceptors (Lipinski definition) is 4. The molecule has 6 rings (SSSR count). The number of anilines is 1. The number of amidine groups is 1. The van der Waals surface area contributed by atoms with Crippen LogP contribution in [-0.2, 0) is 6.42 Å². The topological polar surface area (TPSA) is 24.8 Å². The summed E-state index contributed by atoms with van der Waals surface area (Å²) in [5.74, 6) is 0.870. The molecule has 0 N–H and O–H groups in total. The molecule has 148 valence electrons. The number of hydrogen-bond donors (Lipinski definition) is 0. The maximum absolute atomic E-state index is 6.30. The number of rotatable bonds is 2. The van der Waals surface area contributed by atoms with Crippen molar-refractivity contribution in [2.75, 3.05) is 12.0 Å². The van der Waals surface area contributed by atoms with E-state index in [1.54, 1.807) is 18.9 Å². The van der Waals surface area contributed by atoms with Gasteiger partial charge in [0.25, 0.3) is 0 Å². The first-order valence-electron chi connectivity index (χ1n) is 10.0. The summed E-state index contributed by atoms with van der Waals surface area (Å²) in [6.07, 6.45) is 2.05. The summed E-state index contributed by atoms with van der Waals surface area (Å²) in [6, 6.07) is 23.3. The van der Waals surface area contributed by atoms with Gasteiger partial charge in [-0.15, -0.1) is 0 Å². The van der Waals surface area contributed by atoms with E-state index in [9.17, 15) is 0 Å². The monoisotopic (exact) mass is 430 g/mol. The Morgan fingerprint density at radius 1 is 1.03 bits per heavy atom. The molecule has 0 radical (unpaired) electrons. The van der Waals surface area contributed by atoms with Crippen LogP contribution < -0.4 is 9.64 Å². The normalized spacial score (nSPS) is 18.9. The van der Waals surface area contributed by atoms with Gasteiger partial charge in [0.15, 0.2) is 5.17 Å². The van der Waals surface area contributed by atoms with E-state index in [4.69, 9.17) is 21.3 Å². The molecule has 2 heterocycles. The van der Waals surface area contributed by atoms with Gasteiger partial charge in [0.2, 0.25) is 0 Å². The molecule has 0 aromatic heterocycles. The summed E-state index contributed by atoms with van der Waals surface area (Å²) in [6.45, 7) is 0. The van der Waals surface area contributed by atoms with Gasteiger partial charge >= 0.3 is 0 Å². The molecule has 30 heavy (non-hydrogen) atoms. The van der Waals surface area contributed by atoms with E-state index in [0.717, 1.165) is 39.4 Å². The van der Waals surface area contributed by atoms with Crippen molar-refractivity contribution in [3.05, 3.63) is 94.0 Å². The molecule has 3 aliphatic rings. The van der Waals surface area contributed by atoms with Crippen LogP contribution in [-0.4, -0.2) is 12.3 Å². The third kappa shape index (κ3) is 2.71. The zero-order chi connectivity index (χ0) is 20.2. The third-order valence-corrected chi connectivity index (χ3v) is 7.31. The summed E-state index contributed by atoms with van der Waals surface area (Å²) >= 11 is 8.00. The van der Waals surface area contributed by atoms with E-state index in [0.29, 0.717) is 0 Å². The number of halogens is 1. The third-order valence-electron chi connectivity index (χ3n) is 6.06. The molecule has 1 atom stereocenters. The predicted molar refractivity (Wildman–Crippen MR) is 125 cm³/mol. The molecule has 0 spiro atoms. The van der Waals surface area contributed by atoms with Crippen LogP contribution in [0.1, 0.15) is 29.2 Å². The van der Waals surface area contributed by atoms with Crippen LogP contribution in [0.3, 0.4) is 0 Å². The van der Waals surface area contributed by atoms with E-state index in [1.165, 1.54) is 28.0 Å². The highest BCUT2D eigenvalue weighted by Crippen LogP contribution is 2.53. The van der Waals surface area contributed by atoms with Crippen LogP contribution in [0.4, 0.5) is 5.69 Å². The van der Waals surface area contributed by atoms with E-state index in [-0.39, 0.29) is 6.04 Å². The van der Waals surface area contributed by atoms with Crippen molar-refractivity contribution >= 4 is 39.9 Å². The number of thioether (sulfide) groups is 1. The van der Waals surface area contributed by atoms with Crippen molar-refractivity contribution in [3.63, 3.8) is 0 Å². The quantitative estimate of drug-likeness (QED) is 0.450. The summed E-state index contributed by atoms with van der Waals surface area (Å²) in [5.41, 5.74) is 7.58. The highest BCUT2D eigenvalue weighted by Gasteiger charge is 2.41. The van der Waals surface area contributed by atoms with Crippen LogP contribution in [0.2, 0.25) is 5.02 Å². The molecule has 2 aliphatic heterocycles. The van der Waals surface area contributed by atoms with Crippen LogP contribution >= 0.6 is 23.4 Å². The number of benzene rings is 3. The Hall–Kier alpha value is -2.69. The maximum atomic E-state index is 6.30. The molecular weight excluding hydrogens is 412 g/mol. The molecule has 3 aromatic rings. The van der Waals surface area contributed by atoms with Gasteiger partial charge in [-0.3, -0.25) is 0 Å². The van der Waals surface area contributed by atoms with Crippen LogP contribution in [0.15, 0.2) is 82.2 Å². The minimum atomic E-state index is 0.113. The van der Waals surface area contributed by atoms with Gasteiger partial charge in [-0.25, -0.2) is 4.99 Å². The molecule has 0 amide bonds. The Morgan fingerprint density at radius 3 is 2.70 bits per heavy atom. The number of fused-ring (bicyclic) bond motifs is 5. The molecule has 0 fully saturated rings. The molecule has 3 aromatic carbocycles. The fourth-order valence-corrected chi connectivity index (χ4v) is 5.99. The van der Waals surface area contributed by atoms with Gasteiger partial charge in [-0.2, -0.15) is 0 Å². The fraction of sp³-hybridized carbons (Fsp3) is 0.160. The van der Waals surface area contributed by atoms with Crippen LogP contribution in [0, 0.1) is 0 Å². The second kappa shape index (κ2) is 6.93. The van der Waals surface area contributed by atoms with E-state index < -0.39 is 0 Å². The average Bonchev–Trinajstić information content (AvgIpc) is 3.14.